The minimum Gasteiger partial charge on any atom is -0.368 e. The second kappa shape index (κ2) is 6.44. The third-order valence-electron chi connectivity index (χ3n) is 6.07. The molecule has 2 fully saturated rings. The minimum atomic E-state index is -0.569. The van der Waals surface area contributed by atoms with E-state index in [2.05, 4.69) is 4.98 Å². The van der Waals surface area contributed by atoms with Crippen molar-refractivity contribution in [1.29, 1.82) is 0 Å². The normalized spacial score (nSPS) is 22.8. The van der Waals surface area contributed by atoms with Crippen LogP contribution in [0.3, 0.4) is 0 Å². The molecule has 1 aromatic heterocycles. The number of nitrogens with two attached hydrogens (primary N) is 1. The number of H-pyrrole nitrogens is 1. The summed E-state index contributed by atoms with van der Waals surface area (Å²) in [5, 5.41) is 0.219. The van der Waals surface area contributed by atoms with Crippen molar-refractivity contribution in [3.63, 3.8) is 0 Å². The van der Waals surface area contributed by atoms with E-state index in [9.17, 15) is 14.0 Å². The average Bonchev–Trinajstić information content (AvgIpc) is 3.38. The van der Waals surface area contributed by atoms with Gasteiger partial charge in [0.05, 0.1) is 23.3 Å². The second-order valence-electron chi connectivity index (χ2n) is 7.81. The zero-order valence-corrected chi connectivity index (χ0v) is 15.5. The summed E-state index contributed by atoms with van der Waals surface area (Å²) in [5.41, 5.74) is 6.36. The first-order chi connectivity index (χ1) is 12.9. The molecule has 1 aliphatic carbocycles. The number of benzene rings is 1. The summed E-state index contributed by atoms with van der Waals surface area (Å²) in [6.07, 6.45) is 1.71. The Kier molecular flexibility index (Phi) is 4.33. The van der Waals surface area contributed by atoms with Crippen molar-refractivity contribution in [3.05, 3.63) is 37.8 Å². The van der Waals surface area contributed by atoms with Crippen LogP contribution in [-0.2, 0) is 0 Å². The van der Waals surface area contributed by atoms with Gasteiger partial charge in [0.25, 0.3) is 5.56 Å². The summed E-state index contributed by atoms with van der Waals surface area (Å²) in [7, 11) is 0. The summed E-state index contributed by atoms with van der Waals surface area (Å²) < 4.78 is 30.3. The number of aromatic nitrogens is 2. The predicted octanol–water partition coefficient (Wildman–Crippen LogP) is 1.76. The first-order valence-corrected chi connectivity index (χ1v) is 9.37. The summed E-state index contributed by atoms with van der Waals surface area (Å²) in [6, 6.07) is 0.0298. The number of fused-ring (bicyclic) bond motifs is 1. The molecule has 1 saturated heterocycles. The quantitative estimate of drug-likeness (QED) is 0.849. The van der Waals surface area contributed by atoms with Crippen LogP contribution in [0.1, 0.15) is 30.0 Å². The van der Waals surface area contributed by atoms with Gasteiger partial charge in [-0.3, -0.25) is 18.7 Å². The Bertz CT molecular complexity index is 1010. The highest BCUT2D eigenvalue weighted by atomic mass is 19.1. The van der Waals surface area contributed by atoms with Crippen LogP contribution in [0.15, 0.2) is 9.59 Å². The van der Waals surface area contributed by atoms with Crippen LogP contribution >= 0.6 is 0 Å². The SMILES string of the molecule is Cc1c(F)c(N2CC(CN)C(CF)C2)c(C)c2c1c(=O)[nH]c(=O)n2C1CC1. The van der Waals surface area contributed by atoms with Crippen molar-refractivity contribution < 1.29 is 8.78 Å². The lowest BCUT2D eigenvalue weighted by molar-refractivity contribution is 0.319. The smallest absolute Gasteiger partial charge is 0.329 e. The molecular weight excluding hydrogens is 354 g/mol. The Morgan fingerprint density at radius 1 is 1.15 bits per heavy atom. The van der Waals surface area contributed by atoms with E-state index in [0.29, 0.717) is 36.4 Å². The van der Waals surface area contributed by atoms with Gasteiger partial charge in [-0.1, -0.05) is 0 Å². The molecule has 0 spiro atoms. The third kappa shape index (κ3) is 2.69. The number of alkyl halides is 1. The number of aromatic amines is 1. The lowest BCUT2D eigenvalue weighted by Gasteiger charge is -2.25. The third-order valence-corrected chi connectivity index (χ3v) is 6.07. The van der Waals surface area contributed by atoms with E-state index >= 15 is 4.39 Å². The Balaban J connectivity index is 1.99. The standard InChI is InChI=1S/C19H24F2N4O2/c1-9-14-16(25(13-3-4-13)19(27)23-18(14)26)10(2)17(15(9)21)24-7-11(5-20)12(6-22)8-24/h11-13H,3-8,22H2,1-2H3,(H,23,26,27). The highest BCUT2D eigenvalue weighted by Crippen LogP contribution is 2.41. The molecule has 2 aromatic rings. The van der Waals surface area contributed by atoms with Crippen LogP contribution in [0.25, 0.3) is 10.9 Å². The monoisotopic (exact) mass is 378 g/mol. The zero-order chi connectivity index (χ0) is 19.5. The molecule has 4 rings (SSSR count). The van der Waals surface area contributed by atoms with Crippen molar-refractivity contribution in [1.82, 2.24) is 9.55 Å². The van der Waals surface area contributed by atoms with Crippen LogP contribution < -0.4 is 21.9 Å². The summed E-state index contributed by atoms with van der Waals surface area (Å²) in [6.45, 7) is 3.96. The highest BCUT2D eigenvalue weighted by Gasteiger charge is 2.36. The van der Waals surface area contributed by atoms with Gasteiger partial charge in [-0.05, 0) is 39.2 Å². The van der Waals surface area contributed by atoms with Gasteiger partial charge in [-0.15, -0.1) is 0 Å². The molecule has 27 heavy (non-hydrogen) atoms. The molecule has 3 N–H and O–H groups in total. The number of aryl methyl sites for hydroxylation is 2. The fraction of sp³-hybridized carbons (Fsp3) is 0.579. The maximum atomic E-state index is 15.3. The maximum absolute atomic E-state index is 15.3. The lowest BCUT2D eigenvalue weighted by atomic mass is 9.98. The molecule has 1 aliphatic heterocycles. The number of anilines is 1. The first-order valence-electron chi connectivity index (χ1n) is 9.37. The van der Waals surface area contributed by atoms with E-state index in [0.717, 1.165) is 12.8 Å². The zero-order valence-electron chi connectivity index (χ0n) is 15.5. The van der Waals surface area contributed by atoms with E-state index in [-0.39, 0.29) is 28.8 Å². The van der Waals surface area contributed by atoms with Crippen LogP contribution in [0.2, 0.25) is 0 Å². The Morgan fingerprint density at radius 3 is 2.37 bits per heavy atom. The molecule has 2 atom stereocenters. The molecule has 2 unspecified atom stereocenters. The van der Waals surface area contributed by atoms with Crippen molar-refractivity contribution in [3.8, 4) is 0 Å². The number of nitrogens with zero attached hydrogens (tertiary/aromatic N) is 2. The largest absolute Gasteiger partial charge is 0.368 e. The van der Waals surface area contributed by atoms with Crippen molar-refractivity contribution >= 4 is 16.6 Å². The molecule has 0 bridgehead atoms. The predicted molar refractivity (Wildman–Crippen MR) is 101 cm³/mol. The maximum Gasteiger partial charge on any atom is 0.329 e. The Labute approximate surface area is 155 Å². The van der Waals surface area contributed by atoms with Gasteiger partial charge in [0.15, 0.2) is 5.82 Å². The van der Waals surface area contributed by atoms with Crippen LogP contribution in [0.5, 0.6) is 0 Å². The fourth-order valence-electron chi connectivity index (χ4n) is 4.45. The summed E-state index contributed by atoms with van der Waals surface area (Å²) >= 11 is 0. The van der Waals surface area contributed by atoms with E-state index < -0.39 is 23.7 Å². The van der Waals surface area contributed by atoms with Crippen LogP contribution in [-0.4, -0.2) is 35.9 Å². The Morgan fingerprint density at radius 2 is 1.81 bits per heavy atom. The molecular formula is C19H24F2N4O2. The molecule has 6 nitrogen and oxygen atoms in total. The molecule has 0 radical (unpaired) electrons. The highest BCUT2D eigenvalue weighted by molar-refractivity contribution is 5.90. The van der Waals surface area contributed by atoms with Gasteiger partial charge in [0.1, 0.15) is 0 Å². The van der Waals surface area contributed by atoms with Gasteiger partial charge in [-0.2, -0.15) is 0 Å². The van der Waals surface area contributed by atoms with Crippen LogP contribution in [0.4, 0.5) is 14.5 Å². The number of rotatable bonds is 4. The second-order valence-corrected chi connectivity index (χ2v) is 7.81. The molecule has 2 heterocycles. The van der Waals surface area contributed by atoms with E-state index in [1.165, 1.54) is 0 Å². The Hall–Kier alpha value is -2.22. The minimum absolute atomic E-state index is 0.0298. The van der Waals surface area contributed by atoms with Gasteiger partial charge in [-0.25, -0.2) is 9.18 Å². The molecule has 146 valence electrons. The molecule has 0 amide bonds. The van der Waals surface area contributed by atoms with Crippen molar-refractivity contribution in [2.24, 2.45) is 17.6 Å². The van der Waals surface area contributed by atoms with Gasteiger partial charge >= 0.3 is 5.69 Å². The van der Waals surface area contributed by atoms with E-state index in [1.807, 2.05) is 4.90 Å². The van der Waals surface area contributed by atoms with Gasteiger partial charge in [0.2, 0.25) is 0 Å². The lowest BCUT2D eigenvalue weighted by Crippen LogP contribution is -2.32. The molecule has 8 heteroatoms. The number of nitrogens with one attached hydrogen (secondary N) is 1. The summed E-state index contributed by atoms with van der Waals surface area (Å²) in [5.74, 6) is -0.772. The molecule has 1 saturated carbocycles. The van der Waals surface area contributed by atoms with Gasteiger partial charge < -0.3 is 10.6 Å². The van der Waals surface area contributed by atoms with Gasteiger partial charge in [0, 0.05) is 36.2 Å². The van der Waals surface area contributed by atoms with Crippen molar-refractivity contribution in [2.75, 3.05) is 31.2 Å². The number of halogens is 2. The molecule has 1 aromatic carbocycles. The van der Waals surface area contributed by atoms with Crippen molar-refractivity contribution in [2.45, 2.75) is 32.7 Å². The van der Waals surface area contributed by atoms with E-state index in [4.69, 9.17) is 5.73 Å². The summed E-state index contributed by atoms with van der Waals surface area (Å²) in [4.78, 5) is 29.0. The average molecular weight is 378 g/mol. The molecule has 2 aliphatic rings. The topological polar surface area (TPSA) is 84.1 Å². The number of hydrogen-bond donors (Lipinski definition) is 2. The fourth-order valence-corrected chi connectivity index (χ4v) is 4.45. The van der Waals surface area contributed by atoms with Crippen LogP contribution in [0, 0.1) is 31.5 Å². The first kappa shape index (κ1) is 18.2. The van der Waals surface area contributed by atoms with E-state index in [1.54, 1.807) is 18.4 Å². The number of hydrogen-bond acceptors (Lipinski definition) is 4.